The van der Waals surface area contributed by atoms with Crippen LogP contribution < -0.4 is 10.1 Å². The number of piperazine rings is 1. The summed E-state index contributed by atoms with van der Waals surface area (Å²) in [5.74, 6) is 1.01. The molecular weight excluding hydrogens is 310 g/mol. The van der Waals surface area contributed by atoms with Gasteiger partial charge in [0.1, 0.15) is 5.75 Å². The molecular formula is C18H30ClN3O. The zero-order valence-electron chi connectivity index (χ0n) is 14.4. The van der Waals surface area contributed by atoms with E-state index in [4.69, 9.17) is 4.74 Å². The van der Waals surface area contributed by atoms with Crippen LogP contribution in [0.1, 0.15) is 18.9 Å². The van der Waals surface area contributed by atoms with E-state index < -0.39 is 0 Å². The van der Waals surface area contributed by atoms with Gasteiger partial charge in [0, 0.05) is 51.4 Å². The summed E-state index contributed by atoms with van der Waals surface area (Å²) >= 11 is 0. The molecule has 1 aromatic carbocycles. The van der Waals surface area contributed by atoms with Gasteiger partial charge in [0.05, 0.1) is 7.11 Å². The fourth-order valence-electron chi connectivity index (χ4n) is 3.72. The van der Waals surface area contributed by atoms with Gasteiger partial charge in [-0.25, -0.2) is 0 Å². The van der Waals surface area contributed by atoms with Crippen LogP contribution in [-0.4, -0.2) is 62.7 Å². The molecule has 5 heteroatoms. The van der Waals surface area contributed by atoms with Crippen LogP contribution >= 0.6 is 12.4 Å². The lowest BCUT2D eigenvalue weighted by Crippen LogP contribution is -2.49. The molecule has 1 unspecified atom stereocenters. The molecule has 2 heterocycles. The standard InChI is InChI=1S/C18H29N3O.ClH/c1-18(7-8-19-14-18)15-21-11-9-20(10-12-21)13-16-5-3-4-6-17(16)22-2;/h3-6,19H,7-15H2,1-2H3;1H. The van der Waals surface area contributed by atoms with Crippen molar-refractivity contribution in [2.75, 3.05) is 52.9 Å². The first-order chi connectivity index (χ1) is 10.7. The van der Waals surface area contributed by atoms with Gasteiger partial charge in [-0.1, -0.05) is 25.1 Å². The van der Waals surface area contributed by atoms with Gasteiger partial charge in [-0.05, 0) is 24.4 Å². The molecule has 2 aliphatic rings. The predicted molar refractivity (Wildman–Crippen MR) is 97.6 cm³/mol. The first kappa shape index (κ1) is 18.5. The molecule has 0 spiro atoms. The van der Waals surface area contributed by atoms with E-state index in [-0.39, 0.29) is 12.4 Å². The topological polar surface area (TPSA) is 27.7 Å². The molecule has 0 amide bonds. The monoisotopic (exact) mass is 339 g/mol. The van der Waals surface area contributed by atoms with Crippen molar-refractivity contribution in [3.05, 3.63) is 29.8 Å². The number of nitrogens with zero attached hydrogens (tertiary/aromatic N) is 2. The minimum absolute atomic E-state index is 0. The molecule has 23 heavy (non-hydrogen) atoms. The van der Waals surface area contributed by atoms with E-state index in [1.54, 1.807) is 7.11 Å². The number of benzene rings is 1. The molecule has 130 valence electrons. The Hall–Kier alpha value is -0.810. The Morgan fingerprint density at radius 1 is 1.13 bits per heavy atom. The minimum atomic E-state index is 0. The molecule has 2 aliphatic heterocycles. The summed E-state index contributed by atoms with van der Waals surface area (Å²) in [5.41, 5.74) is 1.77. The van der Waals surface area contributed by atoms with Crippen LogP contribution in [0.15, 0.2) is 24.3 Å². The number of hydrogen-bond acceptors (Lipinski definition) is 4. The summed E-state index contributed by atoms with van der Waals surface area (Å²) in [4.78, 5) is 5.19. The highest BCUT2D eigenvalue weighted by Gasteiger charge is 2.31. The van der Waals surface area contributed by atoms with Crippen molar-refractivity contribution in [3.63, 3.8) is 0 Å². The average Bonchev–Trinajstić information content (AvgIpc) is 2.96. The van der Waals surface area contributed by atoms with Gasteiger partial charge < -0.3 is 15.0 Å². The molecule has 0 aromatic heterocycles. The van der Waals surface area contributed by atoms with E-state index in [1.807, 2.05) is 6.07 Å². The Morgan fingerprint density at radius 2 is 1.83 bits per heavy atom. The molecule has 4 nitrogen and oxygen atoms in total. The predicted octanol–water partition coefficient (Wildman–Crippen LogP) is 2.23. The van der Waals surface area contributed by atoms with Crippen LogP contribution in [0.2, 0.25) is 0 Å². The zero-order valence-corrected chi connectivity index (χ0v) is 15.2. The van der Waals surface area contributed by atoms with Crippen molar-refractivity contribution in [1.29, 1.82) is 0 Å². The van der Waals surface area contributed by atoms with E-state index in [0.717, 1.165) is 25.4 Å². The molecule has 0 aliphatic carbocycles. The molecule has 0 radical (unpaired) electrons. The third-order valence-corrected chi connectivity index (χ3v) is 5.11. The highest BCUT2D eigenvalue weighted by Crippen LogP contribution is 2.26. The quantitative estimate of drug-likeness (QED) is 0.890. The van der Waals surface area contributed by atoms with Crippen LogP contribution in [0, 0.1) is 5.41 Å². The number of para-hydroxylation sites is 1. The Kier molecular flexibility index (Phi) is 6.72. The molecule has 0 bridgehead atoms. The van der Waals surface area contributed by atoms with Gasteiger partial charge in [-0.2, -0.15) is 0 Å². The summed E-state index contributed by atoms with van der Waals surface area (Å²) in [6.45, 7) is 11.7. The summed E-state index contributed by atoms with van der Waals surface area (Å²) < 4.78 is 5.47. The first-order valence-electron chi connectivity index (χ1n) is 8.46. The normalized spacial score (nSPS) is 26.0. The maximum Gasteiger partial charge on any atom is 0.123 e. The van der Waals surface area contributed by atoms with Crippen LogP contribution in [0.25, 0.3) is 0 Å². The molecule has 0 saturated carbocycles. The Balaban J connectivity index is 0.00000192. The highest BCUT2D eigenvalue weighted by atomic mass is 35.5. The number of hydrogen-bond donors (Lipinski definition) is 1. The molecule has 3 rings (SSSR count). The van der Waals surface area contributed by atoms with E-state index in [9.17, 15) is 0 Å². The van der Waals surface area contributed by atoms with E-state index in [1.165, 1.54) is 44.7 Å². The van der Waals surface area contributed by atoms with Gasteiger partial charge >= 0.3 is 0 Å². The second-order valence-corrected chi connectivity index (χ2v) is 7.10. The van der Waals surface area contributed by atoms with Crippen molar-refractivity contribution in [2.24, 2.45) is 5.41 Å². The van der Waals surface area contributed by atoms with Crippen molar-refractivity contribution in [2.45, 2.75) is 19.9 Å². The molecule has 1 aromatic rings. The van der Waals surface area contributed by atoms with Gasteiger partial charge in [-0.15, -0.1) is 12.4 Å². The SMILES string of the molecule is COc1ccccc1CN1CCN(CC2(C)CCNC2)CC1.Cl. The summed E-state index contributed by atoms with van der Waals surface area (Å²) in [5, 5.41) is 3.51. The second kappa shape index (κ2) is 8.34. The molecule has 2 saturated heterocycles. The Morgan fingerprint density at radius 3 is 2.48 bits per heavy atom. The van der Waals surface area contributed by atoms with Crippen LogP contribution in [0.4, 0.5) is 0 Å². The van der Waals surface area contributed by atoms with E-state index in [0.29, 0.717) is 5.41 Å². The first-order valence-corrected chi connectivity index (χ1v) is 8.46. The fraction of sp³-hybridized carbons (Fsp3) is 0.667. The smallest absolute Gasteiger partial charge is 0.123 e. The van der Waals surface area contributed by atoms with E-state index in [2.05, 4.69) is 40.2 Å². The van der Waals surface area contributed by atoms with Crippen molar-refractivity contribution in [3.8, 4) is 5.75 Å². The average molecular weight is 340 g/mol. The van der Waals surface area contributed by atoms with Gasteiger partial charge in [0.15, 0.2) is 0 Å². The highest BCUT2D eigenvalue weighted by molar-refractivity contribution is 5.85. The molecule has 1 N–H and O–H groups in total. The van der Waals surface area contributed by atoms with Crippen LogP contribution in [0.3, 0.4) is 0 Å². The number of nitrogens with one attached hydrogen (secondary N) is 1. The number of rotatable bonds is 5. The van der Waals surface area contributed by atoms with Crippen LogP contribution in [0.5, 0.6) is 5.75 Å². The van der Waals surface area contributed by atoms with Crippen molar-refractivity contribution in [1.82, 2.24) is 15.1 Å². The third-order valence-electron chi connectivity index (χ3n) is 5.11. The van der Waals surface area contributed by atoms with Crippen LogP contribution in [-0.2, 0) is 6.54 Å². The summed E-state index contributed by atoms with van der Waals surface area (Å²) in [7, 11) is 1.76. The van der Waals surface area contributed by atoms with Gasteiger partial charge in [0.25, 0.3) is 0 Å². The maximum absolute atomic E-state index is 5.47. The van der Waals surface area contributed by atoms with Crippen molar-refractivity contribution >= 4 is 12.4 Å². The molecule has 2 fully saturated rings. The minimum Gasteiger partial charge on any atom is -0.496 e. The Bertz CT molecular complexity index is 483. The fourth-order valence-corrected chi connectivity index (χ4v) is 3.72. The largest absolute Gasteiger partial charge is 0.496 e. The lowest BCUT2D eigenvalue weighted by atomic mass is 9.89. The maximum atomic E-state index is 5.47. The summed E-state index contributed by atoms with van der Waals surface area (Å²) in [6, 6.07) is 8.37. The van der Waals surface area contributed by atoms with E-state index >= 15 is 0 Å². The van der Waals surface area contributed by atoms with Crippen molar-refractivity contribution < 1.29 is 4.74 Å². The number of ether oxygens (including phenoxy) is 1. The number of methoxy groups -OCH3 is 1. The zero-order chi connectivity index (χ0) is 15.4. The van der Waals surface area contributed by atoms with Gasteiger partial charge in [-0.3, -0.25) is 4.90 Å². The third kappa shape index (κ3) is 4.83. The Labute approximate surface area is 146 Å². The van der Waals surface area contributed by atoms with Gasteiger partial charge in [0.2, 0.25) is 0 Å². The lowest BCUT2D eigenvalue weighted by molar-refractivity contribution is 0.0928. The summed E-state index contributed by atoms with van der Waals surface area (Å²) in [6.07, 6.45) is 1.31. The number of halogens is 1. The lowest BCUT2D eigenvalue weighted by Gasteiger charge is -2.38. The second-order valence-electron chi connectivity index (χ2n) is 7.10. The molecule has 1 atom stereocenters.